The summed E-state index contributed by atoms with van der Waals surface area (Å²) in [5.41, 5.74) is -0.592. The maximum Gasteiger partial charge on any atom is 0.121 e. The number of hydrogen-bond donors (Lipinski definition) is 1. The van der Waals surface area contributed by atoms with Gasteiger partial charge in [0.25, 0.3) is 0 Å². The largest absolute Gasteiger partial charge is 0.393 e. The predicted molar refractivity (Wildman–Crippen MR) is 39.3 cm³/mol. The van der Waals surface area contributed by atoms with Crippen molar-refractivity contribution in [3.05, 3.63) is 0 Å². The molecule has 0 saturated carbocycles. The molecule has 3 nitrogen and oxygen atoms in total. The van der Waals surface area contributed by atoms with Gasteiger partial charge in [-0.1, -0.05) is 0 Å². The van der Waals surface area contributed by atoms with Crippen molar-refractivity contribution in [2.45, 2.75) is 44.2 Å². The number of ether oxygens (including phenoxy) is 2. The summed E-state index contributed by atoms with van der Waals surface area (Å²) >= 11 is 0. The van der Waals surface area contributed by atoms with Crippen LogP contribution in [0.1, 0.15) is 20.8 Å². The van der Waals surface area contributed by atoms with Crippen LogP contribution in [-0.4, -0.2) is 35.1 Å². The number of epoxide rings is 1. The van der Waals surface area contributed by atoms with Crippen LogP contribution in [0.2, 0.25) is 0 Å². The number of fused-ring (bicyclic) bond motifs is 1. The van der Waals surface area contributed by atoms with Gasteiger partial charge in [0.15, 0.2) is 0 Å². The second kappa shape index (κ2) is 1.79. The van der Waals surface area contributed by atoms with Crippen LogP contribution in [0.4, 0.5) is 0 Å². The van der Waals surface area contributed by atoms with Gasteiger partial charge in [0.2, 0.25) is 0 Å². The zero-order valence-corrected chi connectivity index (χ0v) is 7.13. The third kappa shape index (κ3) is 0.736. The van der Waals surface area contributed by atoms with Gasteiger partial charge >= 0.3 is 0 Å². The third-order valence-corrected chi connectivity index (χ3v) is 2.96. The minimum Gasteiger partial charge on any atom is -0.393 e. The van der Waals surface area contributed by atoms with E-state index in [2.05, 4.69) is 0 Å². The molecule has 2 heterocycles. The summed E-state index contributed by atoms with van der Waals surface area (Å²) in [6.45, 7) is 5.95. The van der Waals surface area contributed by atoms with E-state index in [1.165, 1.54) is 0 Å². The van der Waals surface area contributed by atoms with Crippen LogP contribution in [0.15, 0.2) is 0 Å². The fourth-order valence-corrected chi connectivity index (χ4v) is 1.96. The first-order chi connectivity index (χ1) is 5.03. The molecule has 2 saturated heterocycles. The van der Waals surface area contributed by atoms with Crippen molar-refractivity contribution < 1.29 is 14.6 Å². The molecule has 0 aliphatic carbocycles. The van der Waals surface area contributed by atoms with Crippen molar-refractivity contribution >= 4 is 0 Å². The van der Waals surface area contributed by atoms with Gasteiger partial charge in [-0.3, -0.25) is 0 Å². The van der Waals surface area contributed by atoms with Gasteiger partial charge in [-0.25, -0.2) is 0 Å². The lowest BCUT2D eigenvalue weighted by Gasteiger charge is -2.24. The van der Waals surface area contributed by atoms with E-state index in [1.54, 1.807) is 0 Å². The molecule has 0 spiro atoms. The fraction of sp³-hybridized carbons (Fsp3) is 1.00. The molecule has 11 heavy (non-hydrogen) atoms. The molecule has 64 valence electrons. The van der Waals surface area contributed by atoms with E-state index < -0.39 is 5.60 Å². The molecule has 2 aliphatic heterocycles. The van der Waals surface area contributed by atoms with E-state index in [1.807, 2.05) is 20.8 Å². The SMILES string of the molecule is C[C@@H]1O[C@](C)(CO)[C@@H]2O[C@]12C. The normalized spacial score (nSPS) is 61.1. The minimum absolute atomic E-state index is 0.0393. The Bertz CT molecular complexity index is 194. The molecule has 0 amide bonds. The van der Waals surface area contributed by atoms with Gasteiger partial charge in [-0.05, 0) is 20.8 Å². The van der Waals surface area contributed by atoms with E-state index in [0.717, 1.165) is 0 Å². The van der Waals surface area contributed by atoms with Crippen LogP contribution in [0.3, 0.4) is 0 Å². The molecular formula is C8H14O3. The molecule has 0 bridgehead atoms. The highest BCUT2D eigenvalue weighted by atomic mass is 16.7. The lowest BCUT2D eigenvalue weighted by Crippen LogP contribution is -2.36. The Hall–Kier alpha value is -0.120. The van der Waals surface area contributed by atoms with E-state index in [0.29, 0.717) is 0 Å². The van der Waals surface area contributed by atoms with E-state index >= 15 is 0 Å². The van der Waals surface area contributed by atoms with Crippen LogP contribution in [-0.2, 0) is 9.47 Å². The summed E-state index contributed by atoms with van der Waals surface area (Å²) in [4.78, 5) is 0. The molecule has 4 atom stereocenters. The second-order valence-electron chi connectivity index (χ2n) is 3.91. The first kappa shape index (κ1) is 7.53. The maximum absolute atomic E-state index is 9.05. The van der Waals surface area contributed by atoms with Crippen LogP contribution in [0.25, 0.3) is 0 Å². The smallest absolute Gasteiger partial charge is 0.121 e. The zero-order valence-electron chi connectivity index (χ0n) is 7.13. The monoisotopic (exact) mass is 158 g/mol. The highest BCUT2D eigenvalue weighted by Gasteiger charge is 2.71. The first-order valence-corrected chi connectivity index (χ1v) is 3.99. The van der Waals surface area contributed by atoms with Crippen molar-refractivity contribution in [3.8, 4) is 0 Å². The Morgan fingerprint density at radius 2 is 2.00 bits per heavy atom. The van der Waals surface area contributed by atoms with Crippen LogP contribution >= 0.6 is 0 Å². The van der Waals surface area contributed by atoms with Gasteiger partial charge in [0, 0.05) is 0 Å². The Balaban J connectivity index is 2.22. The molecular weight excluding hydrogens is 144 g/mol. The summed E-state index contributed by atoms with van der Waals surface area (Å²) in [5.74, 6) is 0. The van der Waals surface area contributed by atoms with E-state index in [-0.39, 0.29) is 24.4 Å². The Morgan fingerprint density at radius 1 is 1.36 bits per heavy atom. The molecule has 2 aliphatic rings. The summed E-state index contributed by atoms with van der Waals surface area (Å²) in [7, 11) is 0. The summed E-state index contributed by atoms with van der Waals surface area (Å²) in [5, 5.41) is 9.05. The molecule has 1 N–H and O–H groups in total. The zero-order chi connectivity index (χ0) is 8.28. The van der Waals surface area contributed by atoms with Crippen LogP contribution in [0.5, 0.6) is 0 Å². The topological polar surface area (TPSA) is 42.0 Å². The minimum atomic E-state index is -0.464. The molecule has 2 fully saturated rings. The molecule has 0 unspecified atom stereocenters. The quantitative estimate of drug-likeness (QED) is 0.558. The van der Waals surface area contributed by atoms with E-state index in [9.17, 15) is 0 Å². The summed E-state index contributed by atoms with van der Waals surface area (Å²) in [6, 6.07) is 0. The second-order valence-corrected chi connectivity index (χ2v) is 3.91. The summed E-state index contributed by atoms with van der Waals surface area (Å²) < 4.78 is 11.1. The van der Waals surface area contributed by atoms with Crippen molar-refractivity contribution in [1.29, 1.82) is 0 Å². The molecule has 0 aromatic heterocycles. The third-order valence-electron chi connectivity index (χ3n) is 2.96. The Morgan fingerprint density at radius 3 is 2.18 bits per heavy atom. The van der Waals surface area contributed by atoms with E-state index in [4.69, 9.17) is 14.6 Å². The van der Waals surface area contributed by atoms with Crippen LogP contribution < -0.4 is 0 Å². The number of rotatable bonds is 1. The number of aliphatic hydroxyl groups excluding tert-OH is 1. The average molecular weight is 158 g/mol. The van der Waals surface area contributed by atoms with Crippen molar-refractivity contribution in [1.82, 2.24) is 0 Å². The molecule has 0 radical (unpaired) electrons. The number of aliphatic hydroxyl groups is 1. The maximum atomic E-state index is 9.05. The van der Waals surface area contributed by atoms with Gasteiger partial charge in [0.1, 0.15) is 17.3 Å². The standard InChI is InChI=1S/C8H14O3/c1-5-8(3)6(11-8)7(2,4-9)10-5/h5-6,9H,4H2,1-3H3/t5-,6-,7+,8+/m0/s1. The molecule has 0 aromatic carbocycles. The summed E-state index contributed by atoms with van der Waals surface area (Å²) in [6.07, 6.45) is 0.194. The highest BCUT2D eigenvalue weighted by Crippen LogP contribution is 2.54. The average Bonchev–Trinajstić information content (AvgIpc) is 2.59. The van der Waals surface area contributed by atoms with Gasteiger partial charge in [-0.15, -0.1) is 0 Å². The fourth-order valence-electron chi connectivity index (χ4n) is 1.96. The molecule has 3 heteroatoms. The molecule has 2 rings (SSSR count). The van der Waals surface area contributed by atoms with Crippen molar-refractivity contribution in [3.63, 3.8) is 0 Å². The highest BCUT2D eigenvalue weighted by molar-refractivity contribution is 5.17. The number of hydrogen-bond acceptors (Lipinski definition) is 3. The Kier molecular flexibility index (Phi) is 1.22. The lowest BCUT2D eigenvalue weighted by molar-refractivity contribution is -0.119. The predicted octanol–water partition coefficient (Wildman–Crippen LogP) is 0.314. The first-order valence-electron chi connectivity index (χ1n) is 3.99. The van der Waals surface area contributed by atoms with Gasteiger partial charge in [-0.2, -0.15) is 0 Å². The van der Waals surface area contributed by atoms with Gasteiger partial charge in [0.05, 0.1) is 12.7 Å². The Labute approximate surface area is 66.3 Å². The van der Waals surface area contributed by atoms with Gasteiger partial charge < -0.3 is 14.6 Å². The van der Waals surface area contributed by atoms with Crippen molar-refractivity contribution in [2.75, 3.05) is 6.61 Å². The van der Waals surface area contributed by atoms with Crippen molar-refractivity contribution in [2.24, 2.45) is 0 Å². The lowest BCUT2D eigenvalue weighted by atomic mass is 9.96. The molecule has 0 aromatic rings. The van der Waals surface area contributed by atoms with Crippen LogP contribution in [0, 0.1) is 0 Å².